The Morgan fingerprint density at radius 1 is 1.35 bits per heavy atom. The van der Waals surface area contributed by atoms with Gasteiger partial charge in [0.15, 0.2) is 6.61 Å². The summed E-state index contributed by atoms with van der Waals surface area (Å²) >= 11 is 0. The largest absolute Gasteiger partial charge is 0.483 e. The van der Waals surface area contributed by atoms with E-state index in [4.69, 9.17) is 14.2 Å². The molecule has 1 heterocycles. The topological polar surface area (TPSA) is 56.8 Å². The minimum atomic E-state index is -0.105. The van der Waals surface area contributed by atoms with E-state index >= 15 is 0 Å². The summed E-state index contributed by atoms with van der Waals surface area (Å²) in [4.78, 5) is 11.8. The first-order valence-electron chi connectivity index (χ1n) is 8.32. The Bertz CT molecular complexity index is 478. The van der Waals surface area contributed by atoms with Crippen molar-refractivity contribution in [1.82, 2.24) is 5.32 Å². The Morgan fingerprint density at radius 2 is 2.13 bits per heavy atom. The highest BCUT2D eigenvalue weighted by Crippen LogP contribution is 2.21. The van der Waals surface area contributed by atoms with Crippen molar-refractivity contribution < 1.29 is 19.0 Å². The molecule has 1 atom stereocenters. The SMILES string of the molecule is Cc1cccc(C)c1OCC(=O)NCCCOCC1CCCO1. The Balaban J connectivity index is 1.53. The number of hydrogen-bond donors (Lipinski definition) is 1. The first-order valence-corrected chi connectivity index (χ1v) is 8.32. The zero-order chi connectivity index (χ0) is 16.5. The van der Waals surface area contributed by atoms with E-state index < -0.39 is 0 Å². The highest BCUT2D eigenvalue weighted by Gasteiger charge is 2.14. The number of hydrogen-bond acceptors (Lipinski definition) is 4. The second kappa shape index (κ2) is 9.53. The second-order valence-corrected chi connectivity index (χ2v) is 5.92. The van der Waals surface area contributed by atoms with Crippen LogP contribution < -0.4 is 10.1 Å². The van der Waals surface area contributed by atoms with Crippen LogP contribution in [0.4, 0.5) is 0 Å². The first-order chi connectivity index (χ1) is 11.2. The number of amides is 1. The third-order valence-electron chi connectivity index (χ3n) is 3.87. The van der Waals surface area contributed by atoms with Crippen LogP contribution in [0.15, 0.2) is 18.2 Å². The lowest BCUT2D eigenvalue weighted by Gasteiger charge is -2.12. The smallest absolute Gasteiger partial charge is 0.257 e. The fourth-order valence-corrected chi connectivity index (χ4v) is 2.61. The summed E-state index contributed by atoms with van der Waals surface area (Å²) in [5.41, 5.74) is 2.08. The maximum Gasteiger partial charge on any atom is 0.257 e. The van der Waals surface area contributed by atoms with Gasteiger partial charge in [-0.3, -0.25) is 4.79 Å². The molecule has 1 aromatic carbocycles. The highest BCUT2D eigenvalue weighted by molar-refractivity contribution is 5.77. The molecule has 1 aliphatic rings. The van der Waals surface area contributed by atoms with Crippen molar-refractivity contribution in [2.24, 2.45) is 0 Å². The van der Waals surface area contributed by atoms with Crippen LogP contribution in [0.25, 0.3) is 0 Å². The number of aryl methyl sites for hydroxylation is 2. The molecule has 2 rings (SSSR count). The number of carbonyl (C=O) groups is 1. The quantitative estimate of drug-likeness (QED) is 0.710. The summed E-state index contributed by atoms with van der Waals surface area (Å²) in [7, 11) is 0. The molecule has 1 amide bonds. The Labute approximate surface area is 138 Å². The van der Waals surface area contributed by atoms with E-state index in [0.29, 0.717) is 19.8 Å². The molecule has 0 saturated carbocycles. The van der Waals surface area contributed by atoms with Crippen LogP contribution in [0.1, 0.15) is 30.4 Å². The predicted octanol–water partition coefficient (Wildman–Crippen LogP) is 2.38. The van der Waals surface area contributed by atoms with Crippen molar-refractivity contribution in [3.05, 3.63) is 29.3 Å². The van der Waals surface area contributed by atoms with Crippen molar-refractivity contribution in [2.45, 2.75) is 39.2 Å². The van der Waals surface area contributed by atoms with E-state index in [1.165, 1.54) is 0 Å². The van der Waals surface area contributed by atoms with Crippen molar-refractivity contribution >= 4 is 5.91 Å². The molecule has 0 radical (unpaired) electrons. The molecule has 1 aromatic rings. The third-order valence-corrected chi connectivity index (χ3v) is 3.87. The van der Waals surface area contributed by atoms with Crippen LogP contribution in [0.3, 0.4) is 0 Å². The molecule has 23 heavy (non-hydrogen) atoms. The lowest BCUT2D eigenvalue weighted by atomic mass is 10.1. The molecule has 1 N–H and O–H groups in total. The fraction of sp³-hybridized carbons (Fsp3) is 0.611. The second-order valence-electron chi connectivity index (χ2n) is 5.92. The maximum absolute atomic E-state index is 11.8. The molecule has 1 aliphatic heterocycles. The molecule has 0 aromatic heterocycles. The summed E-state index contributed by atoms with van der Waals surface area (Å²) in [5.74, 6) is 0.689. The van der Waals surface area contributed by atoms with Gasteiger partial charge in [0, 0.05) is 19.8 Å². The summed E-state index contributed by atoms with van der Waals surface area (Å²) < 4.78 is 16.6. The van der Waals surface area contributed by atoms with Gasteiger partial charge in [0.05, 0.1) is 12.7 Å². The van der Waals surface area contributed by atoms with Gasteiger partial charge in [0.25, 0.3) is 5.91 Å². The number of carbonyl (C=O) groups excluding carboxylic acids is 1. The normalized spacial score (nSPS) is 17.2. The van der Waals surface area contributed by atoms with Crippen molar-refractivity contribution in [2.75, 3.05) is 33.0 Å². The van der Waals surface area contributed by atoms with E-state index in [2.05, 4.69) is 5.32 Å². The van der Waals surface area contributed by atoms with Crippen LogP contribution in [0.2, 0.25) is 0 Å². The van der Waals surface area contributed by atoms with E-state index in [1.54, 1.807) is 0 Å². The van der Waals surface area contributed by atoms with Gasteiger partial charge in [0.1, 0.15) is 5.75 Å². The van der Waals surface area contributed by atoms with Crippen LogP contribution in [0.5, 0.6) is 5.75 Å². The number of ether oxygens (including phenoxy) is 3. The van der Waals surface area contributed by atoms with Crippen LogP contribution in [0, 0.1) is 13.8 Å². The maximum atomic E-state index is 11.8. The Kier molecular flexibility index (Phi) is 7.36. The minimum Gasteiger partial charge on any atom is -0.483 e. The fourth-order valence-electron chi connectivity index (χ4n) is 2.61. The predicted molar refractivity (Wildman–Crippen MR) is 88.8 cm³/mol. The third kappa shape index (κ3) is 6.20. The molecule has 1 saturated heterocycles. The van der Waals surface area contributed by atoms with E-state index in [0.717, 1.165) is 42.7 Å². The molecular formula is C18H27NO4. The van der Waals surface area contributed by atoms with Gasteiger partial charge < -0.3 is 19.5 Å². The summed E-state index contributed by atoms with van der Waals surface area (Å²) in [6, 6.07) is 5.94. The summed E-state index contributed by atoms with van der Waals surface area (Å²) in [6.07, 6.45) is 3.27. The zero-order valence-corrected chi connectivity index (χ0v) is 14.1. The van der Waals surface area contributed by atoms with Crippen molar-refractivity contribution in [3.8, 4) is 5.75 Å². The first kappa shape index (κ1) is 17.8. The van der Waals surface area contributed by atoms with Crippen LogP contribution >= 0.6 is 0 Å². The Hall–Kier alpha value is -1.59. The molecule has 1 unspecified atom stereocenters. The lowest BCUT2D eigenvalue weighted by molar-refractivity contribution is -0.123. The van der Waals surface area contributed by atoms with Crippen molar-refractivity contribution in [1.29, 1.82) is 0 Å². The van der Waals surface area contributed by atoms with Crippen LogP contribution in [-0.2, 0) is 14.3 Å². The average molecular weight is 321 g/mol. The zero-order valence-electron chi connectivity index (χ0n) is 14.1. The summed E-state index contributed by atoms with van der Waals surface area (Å²) in [5, 5.41) is 2.85. The van der Waals surface area contributed by atoms with Gasteiger partial charge in [-0.2, -0.15) is 0 Å². The van der Waals surface area contributed by atoms with E-state index in [-0.39, 0.29) is 18.6 Å². The standard InChI is InChI=1S/C18H27NO4/c1-14-6-3-7-15(2)18(14)23-13-17(20)19-9-5-10-21-12-16-8-4-11-22-16/h3,6-7,16H,4-5,8-13H2,1-2H3,(H,19,20). The molecule has 5 nitrogen and oxygen atoms in total. The molecule has 1 fully saturated rings. The molecule has 5 heteroatoms. The van der Waals surface area contributed by atoms with Gasteiger partial charge in [-0.15, -0.1) is 0 Å². The molecular weight excluding hydrogens is 294 g/mol. The molecule has 128 valence electrons. The number of para-hydroxylation sites is 1. The van der Waals surface area contributed by atoms with Gasteiger partial charge in [-0.05, 0) is 44.2 Å². The van der Waals surface area contributed by atoms with Crippen LogP contribution in [-0.4, -0.2) is 45.0 Å². The molecule has 0 bridgehead atoms. The monoisotopic (exact) mass is 321 g/mol. The summed E-state index contributed by atoms with van der Waals surface area (Å²) in [6.45, 7) is 6.74. The highest BCUT2D eigenvalue weighted by atomic mass is 16.5. The molecule has 0 spiro atoms. The van der Waals surface area contributed by atoms with Gasteiger partial charge in [0.2, 0.25) is 0 Å². The number of nitrogens with one attached hydrogen (secondary N) is 1. The van der Waals surface area contributed by atoms with Gasteiger partial charge in [-0.25, -0.2) is 0 Å². The molecule has 0 aliphatic carbocycles. The van der Waals surface area contributed by atoms with Crippen molar-refractivity contribution in [3.63, 3.8) is 0 Å². The average Bonchev–Trinajstić information content (AvgIpc) is 3.03. The Morgan fingerprint density at radius 3 is 2.83 bits per heavy atom. The van der Waals surface area contributed by atoms with Gasteiger partial charge >= 0.3 is 0 Å². The lowest BCUT2D eigenvalue weighted by Crippen LogP contribution is -2.30. The van der Waals surface area contributed by atoms with E-state index in [1.807, 2.05) is 32.0 Å². The number of rotatable bonds is 9. The minimum absolute atomic E-state index is 0.0441. The van der Waals surface area contributed by atoms with E-state index in [9.17, 15) is 4.79 Å². The number of benzene rings is 1. The van der Waals surface area contributed by atoms with Gasteiger partial charge in [-0.1, -0.05) is 18.2 Å².